The van der Waals surface area contributed by atoms with Crippen LogP contribution in [0.15, 0.2) is 48.5 Å². The number of nitrogens with one attached hydrogen (secondary N) is 1. The second-order valence-electron chi connectivity index (χ2n) is 6.30. The van der Waals surface area contributed by atoms with Crippen LogP contribution in [0.4, 0.5) is 18.9 Å². The lowest BCUT2D eigenvalue weighted by Gasteiger charge is -2.10. The number of Topliss-reactive ketones (excluding diaryl/α,β-unsaturated/α-hetero) is 1. The Morgan fingerprint density at radius 1 is 1.00 bits per heavy atom. The van der Waals surface area contributed by atoms with Crippen LogP contribution in [0, 0.1) is 13.8 Å². The molecule has 0 aliphatic rings. The molecule has 1 N–H and O–H groups in total. The Bertz CT molecular complexity index is 1020. The number of carbonyl (C=O) groups is 2. The summed E-state index contributed by atoms with van der Waals surface area (Å²) in [4.78, 5) is 24.3. The van der Waals surface area contributed by atoms with Gasteiger partial charge in [0.05, 0.1) is 5.56 Å². The van der Waals surface area contributed by atoms with Crippen molar-refractivity contribution in [3.05, 3.63) is 65.4 Å². The highest BCUT2D eigenvalue weighted by molar-refractivity contribution is 6.12. The quantitative estimate of drug-likeness (QED) is 0.677. The number of rotatable bonds is 4. The minimum Gasteiger partial charge on any atom is -0.335 e. The van der Waals surface area contributed by atoms with E-state index in [1.807, 2.05) is 19.1 Å². The van der Waals surface area contributed by atoms with E-state index in [9.17, 15) is 22.8 Å². The van der Waals surface area contributed by atoms with E-state index < -0.39 is 23.4 Å². The summed E-state index contributed by atoms with van der Waals surface area (Å²) in [7, 11) is 0. The summed E-state index contributed by atoms with van der Waals surface area (Å²) < 4.78 is 40.4. The van der Waals surface area contributed by atoms with Gasteiger partial charge >= 0.3 is 6.18 Å². The van der Waals surface area contributed by atoms with E-state index in [-0.39, 0.29) is 17.6 Å². The molecule has 1 amide bonds. The molecule has 4 nitrogen and oxygen atoms in total. The largest absolute Gasteiger partial charge is 0.454 e. The van der Waals surface area contributed by atoms with Crippen LogP contribution < -0.4 is 5.32 Å². The zero-order valence-electron chi connectivity index (χ0n) is 14.7. The molecular formula is C20H17F3N2O2. The van der Waals surface area contributed by atoms with Crippen molar-refractivity contribution < 1.29 is 22.8 Å². The molecule has 7 heteroatoms. The van der Waals surface area contributed by atoms with Crippen molar-refractivity contribution in [3.63, 3.8) is 0 Å². The number of alkyl halides is 3. The van der Waals surface area contributed by atoms with Crippen LogP contribution in [0.25, 0.3) is 10.9 Å². The lowest BCUT2D eigenvalue weighted by Crippen LogP contribution is -2.24. The molecule has 0 unspecified atom stereocenters. The van der Waals surface area contributed by atoms with Crippen LogP contribution in [0.1, 0.15) is 21.6 Å². The first-order chi connectivity index (χ1) is 12.7. The second-order valence-corrected chi connectivity index (χ2v) is 6.30. The van der Waals surface area contributed by atoms with E-state index in [2.05, 4.69) is 5.32 Å². The van der Waals surface area contributed by atoms with E-state index in [4.69, 9.17) is 0 Å². The summed E-state index contributed by atoms with van der Waals surface area (Å²) in [6.07, 6.45) is -4.98. The van der Waals surface area contributed by atoms with Gasteiger partial charge in [0.1, 0.15) is 6.54 Å². The third kappa shape index (κ3) is 3.72. The number of ketones is 1. The number of amides is 1. The minimum atomic E-state index is -4.98. The molecule has 3 rings (SSSR count). The SMILES string of the molecule is Cc1ccc(NC(=O)Cn2c(C)c(C(=O)C(F)(F)F)c3ccccc32)cc1. The normalized spacial score (nSPS) is 11.6. The summed E-state index contributed by atoms with van der Waals surface area (Å²) in [5.41, 5.74) is 1.72. The standard InChI is InChI=1S/C20H17F3N2O2/c1-12-7-9-14(10-8-12)24-17(26)11-25-13(2)18(19(27)20(21,22)23)15-5-3-4-6-16(15)25/h3-10H,11H2,1-2H3,(H,24,26). The molecule has 0 bridgehead atoms. The Kier molecular flexibility index (Phi) is 4.78. The Morgan fingerprint density at radius 3 is 2.26 bits per heavy atom. The molecular weight excluding hydrogens is 357 g/mol. The number of aryl methyl sites for hydroxylation is 1. The van der Waals surface area contributed by atoms with Crippen molar-refractivity contribution in [2.75, 3.05) is 5.32 Å². The number of benzene rings is 2. The topological polar surface area (TPSA) is 51.1 Å². The molecule has 140 valence electrons. The molecule has 2 aromatic carbocycles. The molecule has 0 aliphatic carbocycles. The Hall–Kier alpha value is -3.09. The van der Waals surface area contributed by atoms with Gasteiger partial charge in [-0.25, -0.2) is 0 Å². The summed E-state index contributed by atoms with van der Waals surface area (Å²) in [5.74, 6) is -2.30. The average Bonchev–Trinajstić information content (AvgIpc) is 2.87. The number of para-hydroxylation sites is 1. The third-order valence-corrected chi connectivity index (χ3v) is 4.35. The molecule has 0 saturated carbocycles. The highest BCUT2D eigenvalue weighted by Gasteiger charge is 2.42. The average molecular weight is 374 g/mol. The maximum absolute atomic E-state index is 13.0. The number of nitrogens with zero attached hydrogens (tertiary/aromatic N) is 1. The Balaban J connectivity index is 1.97. The first-order valence-electron chi connectivity index (χ1n) is 8.24. The lowest BCUT2D eigenvalue weighted by atomic mass is 10.1. The van der Waals surface area contributed by atoms with Crippen LogP contribution in [0.3, 0.4) is 0 Å². The van der Waals surface area contributed by atoms with Crippen LogP contribution >= 0.6 is 0 Å². The first-order valence-corrected chi connectivity index (χ1v) is 8.24. The van der Waals surface area contributed by atoms with Crippen molar-refractivity contribution in [1.82, 2.24) is 4.57 Å². The molecule has 0 saturated heterocycles. The summed E-state index contributed by atoms with van der Waals surface area (Å²) in [6.45, 7) is 3.13. The minimum absolute atomic E-state index is 0.109. The van der Waals surface area contributed by atoms with Gasteiger partial charge < -0.3 is 9.88 Å². The van der Waals surface area contributed by atoms with E-state index in [1.54, 1.807) is 30.3 Å². The second kappa shape index (κ2) is 6.90. The van der Waals surface area contributed by atoms with Gasteiger partial charge in [-0.15, -0.1) is 0 Å². The molecule has 0 spiro atoms. The zero-order chi connectivity index (χ0) is 19.8. The number of anilines is 1. The molecule has 0 fully saturated rings. The van der Waals surface area contributed by atoms with Crippen LogP contribution in [-0.4, -0.2) is 22.4 Å². The van der Waals surface area contributed by atoms with Crippen LogP contribution in [-0.2, 0) is 11.3 Å². The molecule has 0 radical (unpaired) electrons. The third-order valence-electron chi connectivity index (χ3n) is 4.35. The Labute approximate surface area is 153 Å². The summed E-state index contributed by atoms with van der Waals surface area (Å²) >= 11 is 0. The van der Waals surface area contributed by atoms with Gasteiger partial charge in [0.25, 0.3) is 5.78 Å². The fourth-order valence-corrected chi connectivity index (χ4v) is 3.04. The van der Waals surface area contributed by atoms with Gasteiger partial charge in [0.15, 0.2) is 0 Å². The highest BCUT2D eigenvalue weighted by Crippen LogP contribution is 2.31. The van der Waals surface area contributed by atoms with Crippen LogP contribution in [0.2, 0.25) is 0 Å². The van der Waals surface area contributed by atoms with Crippen LogP contribution in [0.5, 0.6) is 0 Å². The number of fused-ring (bicyclic) bond motifs is 1. The first kappa shape index (κ1) is 18.7. The van der Waals surface area contributed by atoms with Gasteiger partial charge in [0.2, 0.25) is 5.91 Å². The monoisotopic (exact) mass is 374 g/mol. The number of carbonyl (C=O) groups excluding carboxylic acids is 2. The number of hydrogen-bond donors (Lipinski definition) is 1. The summed E-state index contributed by atoms with van der Waals surface area (Å²) in [6, 6.07) is 13.4. The van der Waals surface area contributed by atoms with Crippen molar-refractivity contribution in [2.24, 2.45) is 0 Å². The zero-order valence-corrected chi connectivity index (χ0v) is 14.7. The predicted molar refractivity (Wildman–Crippen MR) is 96.9 cm³/mol. The number of hydrogen-bond acceptors (Lipinski definition) is 2. The van der Waals surface area contributed by atoms with E-state index in [1.165, 1.54) is 17.6 Å². The van der Waals surface area contributed by atoms with Gasteiger partial charge in [-0.05, 0) is 32.0 Å². The molecule has 27 heavy (non-hydrogen) atoms. The van der Waals surface area contributed by atoms with Crippen molar-refractivity contribution in [2.45, 2.75) is 26.6 Å². The molecule has 0 aliphatic heterocycles. The maximum Gasteiger partial charge on any atom is 0.454 e. The molecule has 1 aromatic heterocycles. The smallest absolute Gasteiger partial charge is 0.335 e. The Morgan fingerprint density at radius 2 is 1.63 bits per heavy atom. The molecule has 3 aromatic rings. The van der Waals surface area contributed by atoms with Crippen molar-refractivity contribution in [3.8, 4) is 0 Å². The lowest BCUT2D eigenvalue weighted by molar-refractivity contribution is -0.116. The fourth-order valence-electron chi connectivity index (χ4n) is 3.04. The summed E-state index contributed by atoms with van der Waals surface area (Å²) in [5, 5.41) is 2.89. The van der Waals surface area contributed by atoms with Crippen molar-refractivity contribution in [1.29, 1.82) is 0 Å². The molecule has 1 heterocycles. The fraction of sp³-hybridized carbons (Fsp3) is 0.200. The van der Waals surface area contributed by atoms with Gasteiger partial charge in [-0.3, -0.25) is 9.59 Å². The maximum atomic E-state index is 13.0. The number of halogens is 3. The van der Waals surface area contributed by atoms with E-state index >= 15 is 0 Å². The van der Waals surface area contributed by atoms with E-state index in [0.29, 0.717) is 11.2 Å². The molecule has 0 atom stereocenters. The van der Waals surface area contributed by atoms with Gasteiger partial charge in [-0.1, -0.05) is 35.9 Å². The highest BCUT2D eigenvalue weighted by atomic mass is 19.4. The van der Waals surface area contributed by atoms with Gasteiger partial charge in [0, 0.05) is 22.3 Å². The van der Waals surface area contributed by atoms with Crippen molar-refractivity contribution >= 4 is 28.3 Å². The van der Waals surface area contributed by atoms with Gasteiger partial charge in [-0.2, -0.15) is 13.2 Å². The number of aromatic nitrogens is 1. The van der Waals surface area contributed by atoms with E-state index in [0.717, 1.165) is 5.56 Å². The predicted octanol–water partition coefficient (Wildman–Crippen LogP) is 4.64.